The molecule has 0 radical (unpaired) electrons. The van der Waals surface area contributed by atoms with E-state index >= 15 is 0 Å². The summed E-state index contributed by atoms with van der Waals surface area (Å²) in [6, 6.07) is 9.37. The number of aryl methyl sites for hydroxylation is 1. The summed E-state index contributed by atoms with van der Waals surface area (Å²) in [5, 5.41) is 10.7. The molecule has 0 spiro atoms. The van der Waals surface area contributed by atoms with Crippen molar-refractivity contribution in [3.8, 4) is 0 Å². The Hall–Kier alpha value is -2.50. The fraction of sp³-hybridized carbons (Fsp3) is 0.0909. The van der Waals surface area contributed by atoms with E-state index in [0.717, 1.165) is 5.56 Å². The average molecular weight is 230 g/mol. The molecule has 0 atom stereocenters. The van der Waals surface area contributed by atoms with Crippen molar-refractivity contribution in [1.82, 2.24) is 9.55 Å². The summed E-state index contributed by atoms with van der Waals surface area (Å²) in [5.74, 6) is -0.00136. The van der Waals surface area contributed by atoms with E-state index in [9.17, 15) is 10.1 Å². The van der Waals surface area contributed by atoms with Crippen molar-refractivity contribution in [3.05, 3.63) is 52.3 Å². The Balaban J connectivity index is 2.33. The van der Waals surface area contributed by atoms with Gasteiger partial charge >= 0.3 is 5.82 Å². The first-order chi connectivity index (χ1) is 8.18. The molecule has 0 unspecified atom stereocenters. The molecule has 2 aromatic rings. The summed E-state index contributed by atoms with van der Waals surface area (Å²) in [6.45, 7) is 0. The monoisotopic (exact) mass is 230 g/mol. The van der Waals surface area contributed by atoms with Crippen molar-refractivity contribution < 1.29 is 4.92 Å². The zero-order valence-corrected chi connectivity index (χ0v) is 9.15. The van der Waals surface area contributed by atoms with E-state index in [1.165, 1.54) is 10.9 Å². The largest absolute Gasteiger partial charge is 0.408 e. The minimum Gasteiger partial charge on any atom is -0.358 e. The number of hydrogen-bond donors (Lipinski definition) is 0. The first kappa shape index (κ1) is 11.0. The number of benzene rings is 1. The highest BCUT2D eigenvalue weighted by atomic mass is 16.6. The number of aromatic nitrogens is 2. The molecule has 0 saturated heterocycles. The van der Waals surface area contributed by atoms with Gasteiger partial charge in [0.05, 0.1) is 0 Å². The molecule has 0 fully saturated rings. The first-order valence-electron chi connectivity index (χ1n) is 4.93. The van der Waals surface area contributed by atoms with Crippen LogP contribution in [-0.2, 0) is 7.05 Å². The Morgan fingerprint density at radius 3 is 2.76 bits per heavy atom. The molecule has 0 bridgehead atoms. The second-order valence-electron chi connectivity index (χ2n) is 3.43. The van der Waals surface area contributed by atoms with Crippen LogP contribution in [0.5, 0.6) is 0 Å². The van der Waals surface area contributed by atoms with Crippen LogP contribution in [-0.4, -0.2) is 20.7 Å². The normalized spacial score (nSPS) is 10.9. The molecule has 1 aromatic carbocycles. The van der Waals surface area contributed by atoms with Gasteiger partial charge in [-0.3, -0.25) is 4.57 Å². The highest BCUT2D eigenvalue weighted by Crippen LogP contribution is 2.23. The minimum atomic E-state index is -0.544. The fourth-order valence-corrected chi connectivity index (χ4v) is 1.36. The highest BCUT2D eigenvalue weighted by molar-refractivity contribution is 5.82. The second kappa shape index (κ2) is 4.56. The lowest BCUT2D eigenvalue weighted by Crippen LogP contribution is -1.90. The van der Waals surface area contributed by atoms with Gasteiger partial charge in [0.2, 0.25) is 12.1 Å². The molecule has 6 nitrogen and oxygen atoms in total. The summed E-state index contributed by atoms with van der Waals surface area (Å²) in [6.07, 6.45) is 2.94. The second-order valence-corrected chi connectivity index (χ2v) is 3.43. The lowest BCUT2D eigenvalue weighted by molar-refractivity contribution is -0.388. The first-order valence-corrected chi connectivity index (χ1v) is 4.93. The van der Waals surface area contributed by atoms with Gasteiger partial charge in [0, 0.05) is 13.3 Å². The van der Waals surface area contributed by atoms with Gasteiger partial charge in [-0.2, -0.15) is 0 Å². The van der Waals surface area contributed by atoms with Crippen LogP contribution in [0.15, 0.2) is 41.7 Å². The van der Waals surface area contributed by atoms with Crippen LogP contribution in [0.1, 0.15) is 5.56 Å². The van der Waals surface area contributed by atoms with Crippen LogP contribution < -0.4 is 0 Å². The van der Waals surface area contributed by atoms with Gasteiger partial charge in [-0.05, 0) is 15.5 Å². The molecular weight excluding hydrogens is 220 g/mol. The zero-order valence-electron chi connectivity index (χ0n) is 9.15. The Morgan fingerprint density at radius 1 is 1.41 bits per heavy atom. The number of nitro groups is 1. The van der Waals surface area contributed by atoms with Crippen molar-refractivity contribution in [2.45, 2.75) is 0 Å². The minimum absolute atomic E-state index is 0.235. The fourth-order valence-electron chi connectivity index (χ4n) is 1.36. The molecule has 0 aliphatic rings. The number of imidazole rings is 1. The third kappa shape index (κ3) is 2.36. The summed E-state index contributed by atoms with van der Waals surface area (Å²) >= 11 is 0. The quantitative estimate of drug-likeness (QED) is 0.460. The van der Waals surface area contributed by atoms with Gasteiger partial charge in [-0.15, -0.1) is 0 Å². The lowest BCUT2D eigenvalue weighted by atomic mass is 10.2. The van der Waals surface area contributed by atoms with Crippen molar-refractivity contribution in [3.63, 3.8) is 0 Å². The Kier molecular flexibility index (Phi) is 2.95. The predicted octanol–water partition coefficient (Wildman–Crippen LogP) is 2.08. The van der Waals surface area contributed by atoms with Crippen LogP contribution in [0.25, 0.3) is 0 Å². The molecule has 0 aliphatic carbocycles. The molecule has 0 amide bonds. The van der Waals surface area contributed by atoms with E-state index < -0.39 is 4.92 Å². The number of rotatable bonds is 3. The number of nitrogens with zero attached hydrogens (tertiary/aromatic N) is 4. The molecule has 1 aromatic heterocycles. The maximum Gasteiger partial charge on any atom is 0.408 e. The summed E-state index contributed by atoms with van der Waals surface area (Å²) in [5.41, 5.74) is 0.878. The summed E-state index contributed by atoms with van der Waals surface area (Å²) in [7, 11) is 1.66. The predicted molar refractivity (Wildman–Crippen MR) is 63.6 cm³/mol. The Morgan fingerprint density at radius 2 is 2.12 bits per heavy atom. The van der Waals surface area contributed by atoms with Gasteiger partial charge in [0.15, 0.2) is 0 Å². The molecule has 17 heavy (non-hydrogen) atoms. The van der Waals surface area contributed by atoms with E-state index in [4.69, 9.17) is 0 Å². The average Bonchev–Trinajstić information content (AvgIpc) is 2.69. The van der Waals surface area contributed by atoms with Crippen LogP contribution in [0.3, 0.4) is 0 Å². The molecular formula is C11H10N4O2. The zero-order chi connectivity index (χ0) is 12.3. The standard InChI is InChI=1S/C11H10N4O2/c1-14-8-13-11(15(16)17)10(14)12-7-9-5-3-2-4-6-9/h2-8H,1H3/b12-7+. The van der Waals surface area contributed by atoms with E-state index in [-0.39, 0.29) is 11.6 Å². The molecule has 0 aliphatic heterocycles. The summed E-state index contributed by atoms with van der Waals surface area (Å²) in [4.78, 5) is 17.9. The number of aliphatic imine (C=N–C) groups is 1. The third-order valence-corrected chi connectivity index (χ3v) is 2.20. The Bertz CT molecular complexity index is 560. The molecule has 86 valence electrons. The maximum atomic E-state index is 10.7. The Labute approximate surface area is 97.4 Å². The van der Waals surface area contributed by atoms with Crippen molar-refractivity contribution >= 4 is 17.9 Å². The SMILES string of the molecule is Cn1cnc([N+](=O)[O-])c1/N=C/c1ccccc1. The molecule has 2 rings (SSSR count). The van der Waals surface area contributed by atoms with E-state index in [1.54, 1.807) is 13.3 Å². The molecule has 6 heteroatoms. The van der Waals surface area contributed by atoms with Gasteiger partial charge in [0.25, 0.3) is 0 Å². The topological polar surface area (TPSA) is 73.3 Å². The van der Waals surface area contributed by atoms with Crippen LogP contribution in [0.2, 0.25) is 0 Å². The molecule has 0 N–H and O–H groups in total. The number of hydrogen-bond acceptors (Lipinski definition) is 4. The van der Waals surface area contributed by atoms with Gasteiger partial charge < -0.3 is 10.1 Å². The molecule has 1 heterocycles. The lowest BCUT2D eigenvalue weighted by Gasteiger charge is -1.95. The van der Waals surface area contributed by atoms with Gasteiger partial charge in [0.1, 0.15) is 0 Å². The van der Waals surface area contributed by atoms with E-state index in [0.29, 0.717) is 0 Å². The third-order valence-electron chi connectivity index (χ3n) is 2.20. The highest BCUT2D eigenvalue weighted by Gasteiger charge is 2.18. The van der Waals surface area contributed by atoms with Crippen LogP contribution in [0.4, 0.5) is 11.6 Å². The van der Waals surface area contributed by atoms with Gasteiger partial charge in [-0.25, -0.2) is 4.99 Å². The van der Waals surface area contributed by atoms with Gasteiger partial charge in [-0.1, -0.05) is 30.3 Å². The van der Waals surface area contributed by atoms with E-state index in [2.05, 4.69) is 9.98 Å². The van der Waals surface area contributed by atoms with Crippen molar-refractivity contribution in [2.75, 3.05) is 0 Å². The molecule has 0 saturated carbocycles. The van der Waals surface area contributed by atoms with Crippen LogP contribution >= 0.6 is 0 Å². The summed E-state index contributed by atoms with van der Waals surface area (Å²) < 4.78 is 1.51. The van der Waals surface area contributed by atoms with Crippen LogP contribution in [0, 0.1) is 10.1 Å². The maximum absolute atomic E-state index is 10.7. The van der Waals surface area contributed by atoms with E-state index in [1.807, 2.05) is 30.3 Å². The van der Waals surface area contributed by atoms with Crippen molar-refractivity contribution in [2.24, 2.45) is 12.0 Å². The smallest absolute Gasteiger partial charge is 0.358 e. The van der Waals surface area contributed by atoms with Crippen molar-refractivity contribution in [1.29, 1.82) is 0 Å².